The highest BCUT2D eigenvalue weighted by Crippen LogP contribution is 2.75. The lowest BCUT2D eigenvalue weighted by Gasteiger charge is -2.70. The zero-order valence-corrected chi connectivity index (χ0v) is 24.0. The van der Waals surface area contributed by atoms with Crippen LogP contribution in [0.1, 0.15) is 54.5 Å². The molecule has 3 fully saturated rings. The minimum atomic E-state index is -0.810. The monoisotopic (exact) mass is 541 g/mol. The summed E-state index contributed by atoms with van der Waals surface area (Å²) in [5.74, 6) is 2.50. The number of hydrogen-bond donors (Lipinski definition) is 0. The molecule has 1 amide bonds. The molecule has 40 heavy (non-hydrogen) atoms. The fraction of sp³-hybridized carbons (Fsp3) is 0.576. The first-order chi connectivity index (χ1) is 19.4. The Hall–Kier alpha value is -2.90. The molecule has 7 heteroatoms. The maximum absolute atomic E-state index is 14.4. The van der Waals surface area contributed by atoms with Gasteiger partial charge in [-0.15, -0.1) is 0 Å². The second kappa shape index (κ2) is 8.32. The molecule has 1 aromatic heterocycles. The fourth-order valence-electron chi connectivity index (χ4n) is 9.36. The standard InChI is InChI=1S/C33H39N3O4/c1-20-5-9-23(34-17-20)19-35(2)29(37)24-16-31-11-12-33(24,39-4)30-32(31)13-14-36(18-21-6-7-21)26(31)15-22-8-10-25(38-3)28(40-30)27(22)32/h5,8-10,16-17,21,26,30H,6-7,11-15,18-19H2,1-4H3/t26-,30-,31-,32+,33-/m1/s1. The third-order valence-electron chi connectivity index (χ3n) is 11.3. The third kappa shape index (κ3) is 2.98. The number of nitrogens with zero attached hydrogens (tertiary/aromatic N) is 3. The van der Waals surface area contributed by atoms with E-state index in [-0.39, 0.29) is 22.8 Å². The van der Waals surface area contributed by atoms with Gasteiger partial charge in [-0.3, -0.25) is 14.7 Å². The molecule has 210 valence electrons. The molecule has 7 nitrogen and oxygen atoms in total. The van der Waals surface area contributed by atoms with Crippen LogP contribution >= 0.6 is 0 Å². The summed E-state index contributed by atoms with van der Waals surface area (Å²) in [5, 5.41) is 0. The van der Waals surface area contributed by atoms with Crippen LogP contribution in [0, 0.1) is 18.3 Å². The molecular weight excluding hydrogens is 502 g/mol. The van der Waals surface area contributed by atoms with E-state index in [1.54, 1.807) is 14.2 Å². The summed E-state index contributed by atoms with van der Waals surface area (Å²) in [5.41, 5.74) is 4.28. The van der Waals surface area contributed by atoms with E-state index in [9.17, 15) is 4.79 Å². The van der Waals surface area contributed by atoms with Crippen LogP contribution in [0.4, 0.5) is 0 Å². The molecule has 2 saturated carbocycles. The van der Waals surface area contributed by atoms with Gasteiger partial charge in [0.25, 0.3) is 5.91 Å². The predicted octanol–water partition coefficient (Wildman–Crippen LogP) is 4.20. The minimum absolute atomic E-state index is 0.0160. The van der Waals surface area contributed by atoms with Gasteiger partial charge in [-0.2, -0.15) is 0 Å². The molecule has 3 heterocycles. The lowest BCUT2D eigenvalue weighted by molar-refractivity contribution is -0.198. The van der Waals surface area contributed by atoms with Crippen molar-refractivity contribution in [3.63, 3.8) is 0 Å². The van der Waals surface area contributed by atoms with E-state index >= 15 is 0 Å². The molecular formula is C33H39N3O4. The molecule has 0 unspecified atom stereocenters. The topological polar surface area (TPSA) is 64.1 Å². The molecule has 7 aliphatic rings. The highest BCUT2D eigenvalue weighted by Gasteiger charge is 2.79. The number of likely N-dealkylation sites (N-methyl/N-ethyl adjacent to an activating group) is 1. The largest absolute Gasteiger partial charge is 0.493 e. The average Bonchev–Trinajstić information content (AvgIpc) is 3.71. The SMILES string of the molecule is COc1ccc2c3c1O[C@@H]1[C@]34CCN(CC3CC3)[C@H](C2)[C@@]42C=C(C(=O)N(C)Cc3ccc(C)cn3)[C@]1(OC)CC2. The number of aryl methyl sites for hydroxylation is 1. The Morgan fingerprint density at radius 2 is 2.02 bits per heavy atom. The van der Waals surface area contributed by atoms with Crippen molar-refractivity contribution in [2.45, 2.75) is 75.2 Å². The van der Waals surface area contributed by atoms with Crippen LogP contribution in [0.3, 0.4) is 0 Å². The van der Waals surface area contributed by atoms with Crippen molar-refractivity contribution in [2.24, 2.45) is 11.3 Å². The second-order valence-electron chi connectivity index (χ2n) is 13.2. The fourth-order valence-corrected chi connectivity index (χ4v) is 9.36. The van der Waals surface area contributed by atoms with Crippen molar-refractivity contribution in [2.75, 3.05) is 34.4 Å². The molecule has 0 radical (unpaired) electrons. The summed E-state index contributed by atoms with van der Waals surface area (Å²) in [6.07, 6.45) is 10.5. The number of piperidine rings is 1. The van der Waals surface area contributed by atoms with Crippen LogP contribution in [0.15, 0.2) is 42.1 Å². The highest BCUT2D eigenvalue weighted by atomic mass is 16.6. The Labute approximate surface area is 236 Å². The molecule has 5 aliphatic carbocycles. The number of aromatic nitrogens is 1. The average molecular weight is 542 g/mol. The lowest BCUT2D eigenvalue weighted by atomic mass is 9.37. The smallest absolute Gasteiger partial charge is 0.252 e. The van der Waals surface area contributed by atoms with Gasteiger partial charge in [-0.1, -0.05) is 18.2 Å². The van der Waals surface area contributed by atoms with Gasteiger partial charge in [0.15, 0.2) is 11.5 Å². The zero-order chi connectivity index (χ0) is 27.4. The third-order valence-corrected chi connectivity index (χ3v) is 11.3. The zero-order valence-electron chi connectivity index (χ0n) is 24.0. The number of rotatable bonds is 7. The number of carbonyl (C=O) groups excluding carboxylic acids is 1. The van der Waals surface area contributed by atoms with Gasteiger partial charge in [0.05, 0.1) is 24.8 Å². The molecule has 4 bridgehead atoms. The highest BCUT2D eigenvalue weighted by molar-refractivity contribution is 5.97. The summed E-state index contributed by atoms with van der Waals surface area (Å²) in [6.45, 7) is 4.71. The number of methoxy groups -OCH3 is 2. The molecule has 9 rings (SSSR count). The number of likely N-dealkylation sites (tertiary alicyclic amines) is 1. The van der Waals surface area contributed by atoms with Crippen LogP contribution in [0.25, 0.3) is 0 Å². The van der Waals surface area contributed by atoms with E-state index in [0.29, 0.717) is 12.6 Å². The summed E-state index contributed by atoms with van der Waals surface area (Å²) in [4.78, 5) is 23.6. The van der Waals surface area contributed by atoms with Gasteiger partial charge < -0.3 is 19.1 Å². The number of amides is 1. The van der Waals surface area contributed by atoms with Crippen molar-refractivity contribution < 1.29 is 19.0 Å². The number of fused-ring (bicyclic) bond motifs is 1. The van der Waals surface area contributed by atoms with Crippen molar-refractivity contribution in [1.82, 2.24) is 14.8 Å². The Morgan fingerprint density at radius 1 is 1.18 bits per heavy atom. The molecule has 5 atom stereocenters. The van der Waals surface area contributed by atoms with Crippen molar-refractivity contribution in [1.29, 1.82) is 0 Å². The second-order valence-corrected chi connectivity index (χ2v) is 13.2. The van der Waals surface area contributed by atoms with Crippen molar-refractivity contribution in [3.8, 4) is 11.5 Å². The molecule has 2 spiro atoms. The van der Waals surface area contributed by atoms with Gasteiger partial charge in [0.1, 0.15) is 11.7 Å². The van der Waals surface area contributed by atoms with Crippen LogP contribution in [0.5, 0.6) is 11.5 Å². The van der Waals surface area contributed by atoms with Gasteiger partial charge in [0.2, 0.25) is 0 Å². The first-order valence-corrected chi connectivity index (χ1v) is 14.9. The number of benzene rings is 1. The van der Waals surface area contributed by atoms with E-state index in [0.717, 1.165) is 73.0 Å². The summed E-state index contributed by atoms with van der Waals surface area (Å²) < 4.78 is 19.4. The van der Waals surface area contributed by atoms with Crippen LogP contribution in [0.2, 0.25) is 0 Å². The quantitative estimate of drug-likeness (QED) is 0.524. The summed E-state index contributed by atoms with van der Waals surface area (Å²) in [6, 6.07) is 8.75. The van der Waals surface area contributed by atoms with E-state index in [1.165, 1.54) is 24.0 Å². The molecule has 0 N–H and O–H groups in total. The number of hydrogen-bond acceptors (Lipinski definition) is 6. The van der Waals surface area contributed by atoms with Gasteiger partial charge in [-0.25, -0.2) is 0 Å². The van der Waals surface area contributed by atoms with E-state index in [4.69, 9.17) is 14.2 Å². The maximum Gasteiger partial charge on any atom is 0.252 e. The number of pyridine rings is 1. The first-order valence-electron chi connectivity index (χ1n) is 14.9. The first kappa shape index (κ1) is 24.9. The Kier molecular flexibility index (Phi) is 5.17. The number of carbonyl (C=O) groups is 1. The normalized spacial score (nSPS) is 34.6. The Morgan fingerprint density at radius 3 is 2.75 bits per heavy atom. The molecule has 2 aliphatic heterocycles. The van der Waals surface area contributed by atoms with Crippen LogP contribution in [-0.4, -0.2) is 72.8 Å². The van der Waals surface area contributed by atoms with Gasteiger partial charge in [-0.05, 0) is 81.2 Å². The number of ether oxygens (including phenoxy) is 3. The lowest BCUT2D eigenvalue weighted by Crippen LogP contribution is -2.78. The summed E-state index contributed by atoms with van der Waals surface area (Å²) >= 11 is 0. The van der Waals surface area contributed by atoms with Gasteiger partial charge >= 0.3 is 0 Å². The van der Waals surface area contributed by atoms with Crippen molar-refractivity contribution >= 4 is 5.91 Å². The van der Waals surface area contributed by atoms with Gasteiger partial charge in [0, 0.05) is 49.5 Å². The van der Waals surface area contributed by atoms with Crippen molar-refractivity contribution in [3.05, 3.63) is 64.5 Å². The minimum Gasteiger partial charge on any atom is -0.493 e. The van der Waals surface area contributed by atoms with Crippen LogP contribution in [-0.2, 0) is 27.9 Å². The molecule has 1 saturated heterocycles. The molecule has 2 aromatic rings. The molecule has 1 aromatic carbocycles. The van der Waals surface area contributed by atoms with E-state index < -0.39 is 5.60 Å². The summed E-state index contributed by atoms with van der Waals surface area (Å²) in [7, 11) is 5.38. The van der Waals surface area contributed by atoms with E-state index in [2.05, 4.69) is 28.1 Å². The van der Waals surface area contributed by atoms with Crippen LogP contribution < -0.4 is 9.47 Å². The Balaban J connectivity index is 1.28. The van der Waals surface area contributed by atoms with E-state index in [1.807, 2.05) is 37.2 Å². The Bertz CT molecular complexity index is 1430. The maximum atomic E-state index is 14.4. The predicted molar refractivity (Wildman–Crippen MR) is 150 cm³/mol.